The summed E-state index contributed by atoms with van der Waals surface area (Å²) in [6.07, 6.45) is 0. The number of anilines is 1. The predicted octanol–water partition coefficient (Wildman–Crippen LogP) is 2.56. The molecule has 0 aliphatic carbocycles. The van der Waals surface area contributed by atoms with E-state index in [1.165, 1.54) is 0 Å². The quantitative estimate of drug-likeness (QED) is 0.879. The molecule has 0 aliphatic rings. The molecule has 96 valence electrons. The van der Waals surface area contributed by atoms with Crippen LogP contribution in [0.25, 0.3) is 0 Å². The predicted molar refractivity (Wildman–Crippen MR) is 68.1 cm³/mol. The Balaban J connectivity index is 1.99. The van der Waals surface area contributed by atoms with E-state index in [9.17, 15) is 0 Å². The third-order valence-electron chi connectivity index (χ3n) is 2.73. The van der Waals surface area contributed by atoms with Gasteiger partial charge in [0, 0.05) is 12.8 Å². The van der Waals surface area contributed by atoms with E-state index in [4.69, 9.17) is 9.26 Å². The van der Waals surface area contributed by atoms with Crippen LogP contribution in [0.3, 0.4) is 0 Å². The van der Waals surface area contributed by atoms with Crippen LogP contribution < -0.4 is 5.32 Å². The minimum atomic E-state index is -0.533. The van der Waals surface area contributed by atoms with Crippen molar-refractivity contribution in [1.82, 2.24) is 10.1 Å². The van der Waals surface area contributed by atoms with Gasteiger partial charge in [-0.2, -0.15) is 4.98 Å². The fraction of sp³-hybridized carbons (Fsp3) is 0.385. The molecule has 0 spiro atoms. The summed E-state index contributed by atoms with van der Waals surface area (Å²) in [4.78, 5) is 4.30. The van der Waals surface area contributed by atoms with Gasteiger partial charge in [-0.1, -0.05) is 23.4 Å². The lowest BCUT2D eigenvalue weighted by Crippen LogP contribution is -2.21. The van der Waals surface area contributed by atoms with Gasteiger partial charge in [-0.3, -0.25) is 0 Å². The molecule has 0 bridgehead atoms. The summed E-state index contributed by atoms with van der Waals surface area (Å²) in [5.74, 6) is 1.09. The van der Waals surface area contributed by atoms with E-state index in [0.29, 0.717) is 18.3 Å². The average molecular weight is 247 g/mol. The molecule has 0 amide bonds. The zero-order valence-electron chi connectivity index (χ0n) is 10.8. The number of aromatic nitrogens is 2. The first-order valence-corrected chi connectivity index (χ1v) is 5.79. The second-order valence-corrected chi connectivity index (χ2v) is 4.45. The number of para-hydroxylation sites is 1. The fourth-order valence-corrected chi connectivity index (χ4v) is 1.40. The molecule has 0 fully saturated rings. The second kappa shape index (κ2) is 5.18. The smallest absolute Gasteiger partial charge is 0.246 e. The van der Waals surface area contributed by atoms with Crippen molar-refractivity contribution in [3.63, 3.8) is 0 Å². The van der Waals surface area contributed by atoms with Crippen LogP contribution in [-0.4, -0.2) is 17.3 Å². The Bertz CT molecular complexity index is 494. The lowest BCUT2D eigenvalue weighted by atomic mass is 10.1. The van der Waals surface area contributed by atoms with Crippen LogP contribution in [0.4, 0.5) is 5.69 Å². The fourth-order valence-electron chi connectivity index (χ4n) is 1.40. The Labute approximate surface area is 106 Å². The molecule has 18 heavy (non-hydrogen) atoms. The number of methoxy groups -OCH3 is 1. The highest BCUT2D eigenvalue weighted by Crippen LogP contribution is 2.20. The Kier molecular flexibility index (Phi) is 3.62. The molecule has 1 aromatic heterocycles. The van der Waals surface area contributed by atoms with Crippen molar-refractivity contribution in [2.75, 3.05) is 12.4 Å². The molecule has 2 rings (SSSR count). The van der Waals surface area contributed by atoms with Gasteiger partial charge >= 0.3 is 0 Å². The molecule has 0 saturated carbocycles. The molecule has 0 radical (unpaired) electrons. The maximum absolute atomic E-state index is 5.29. The summed E-state index contributed by atoms with van der Waals surface area (Å²) in [7, 11) is 1.62. The monoisotopic (exact) mass is 247 g/mol. The number of ether oxygens (including phenoxy) is 1. The summed E-state index contributed by atoms with van der Waals surface area (Å²) in [6.45, 7) is 4.29. The Morgan fingerprint density at radius 3 is 2.67 bits per heavy atom. The first-order valence-electron chi connectivity index (χ1n) is 5.79. The first-order chi connectivity index (χ1) is 8.62. The van der Waals surface area contributed by atoms with Crippen molar-refractivity contribution in [1.29, 1.82) is 0 Å². The third kappa shape index (κ3) is 2.87. The maximum atomic E-state index is 5.29. The molecular weight excluding hydrogens is 230 g/mol. The second-order valence-electron chi connectivity index (χ2n) is 4.45. The molecule has 0 atom stereocenters. The van der Waals surface area contributed by atoms with E-state index >= 15 is 0 Å². The molecule has 0 aliphatic heterocycles. The summed E-state index contributed by atoms with van der Waals surface area (Å²) >= 11 is 0. The van der Waals surface area contributed by atoms with Gasteiger partial charge in [0.25, 0.3) is 0 Å². The van der Waals surface area contributed by atoms with Crippen molar-refractivity contribution in [3.05, 3.63) is 42.0 Å². The van der Waals surface area contributed by atoms with Gasteiger partial charge in [0.05, 0.1) is 6.54 Å². The van der Waals surface area contributed by atoms with Gasteiger partial charge in [-0.25, -0.2) is 0 Å². The van der Waals surface area contributed by atoms with Gasteiger partial charge in [0.1, 0.15) is 5.60 Å². The SMILES string of the molecule is COC(C)(C)c1noc(CNc2ccccc2)n1. The number of nitrogens with zero attached hydrogens (tertiary/aromatic N) is 2. The Morgan fingerprint density at radius 2 is 2.00 bits per heavy atom. The standard InChI is InChI=1S/C13H17N3O2/c1-13(2,17-3)12-15-11(18-16-12)9-14-10-7-5-4-6-8-10/h4-8,14H,9H2,1-3H3. The highest BCUT2D eigenvalue weighted by molar-refractivity contribution is 5.42. The Morgan fingerprint density at radius 1 is 1.28 bits per heavy atom. The zero-order chi connectivity index (χ0) is 13.0. The van der Waals surface area contributed by atoms with Crippen LogP contribution >= 0.6 is 0 Å². The summed E-state index contributed by atoms with van der Waals surface area (Å²) in [6, 6.07) is 9.87. The van der Waals surface area contributed by atoms with Crippen LogP contribution in [0, 0.1) is 0 Å². The van der Waals surface area contributed by atoms with E-state index in [2.05, 4.69) is 15.5 Å². The van der Waals surface area contributed by atoms with Crippen LogP contribution in [0.1, 0.15) is 25.6 Å². The van der Waals surface area contributed by atoms with Crippen molar-refractivity contribution >= 4 is 5.69 Å². The number of benzene rings is 1. The molecule has 1 heterocycles. The summed E-state index contributed by atoms with van der Waals surface area (Å²) in [5.41, 5.74) is 0.484. The third-order valence-corrected chi connectivity index (χ3v) is 2.73. The van der Waals surface area contributed by atoms with Gasteiger partial charge in [-0.15, -0.1) is 0 Å². The number of hydrogen-bond donors (Lipinski definition) is 1. The largest absolute Gasteiger partial charge is 0.376 e. The van der Waals surface area contributed by atoms with Gasteiger partial charge in [0.15, 0.2) is 0 Å². The first kappa shape index (κ1) is 12.6. The van der Waals surface area contributed by atoms with E-state index in [1.807, 2.05) is 44.2 Å². The number of rotatable bonds is 5. The lowest BCUT2D eigenvalue weighted by Gasteiger charge is -2.17. The van der Waals surface area contributed by atoms with Gasteiger partial charge < -0.3 is 14.6 Å². The summed E-state index contributed by atoms with van der Waals surface area (Å²) in [5, 5.41) is 7.13. The highest BCUT2D eigenvalue weighted by atomic mass is 16.5. The zero-order valence-corrected chi connectivity index (χ0v) is 10.8. The molecule has 0 saturated heterocycles. The van der Waals surface area contributed by atoms with Crippen LogP contribution in [-0.2, 0) is 16.9 Å². The molecule has 2 aromatic rings. The maximum Gasteiger partial charge on any atom is 0.246 e. The topological polar surface area (TPSA) is 60.2 Å². The number of nitrogens with one attached hydrogen (secondary N) is 1. The Hall–Kier alpha value is -1.88. The average Bonchev–Trinajstić information content (AvgIpc) is 2.87. The van der Waals surface area contributed by atoms with Crippen LogP contribution in [0.2, 0.25) is 0 Å². The van der Waals surface area contributed by atoms with E-state index in [0.717, 1.165) is 5.69 Å². The molecular formula is C13H17N3O2. The van der Waals surface area contributed by atoms with Crippen LogP contribution in [0.5, 0.6) is 0 Å². The van der Waals surface area contributed by atoms with E-state index in [-0.39, 0.29) is 0 Å². The number of hydrogen-bond acceptors (Lipinski definition) is 5. The normalized spacial score (nSPS) is 11.5. The molecule has 1 aromatic carbocycles. The van der Waals surface area contributed by atoms with Crippen molar-refractivity contribution in [3.8, 4) is 0 Å². The highest BCUT2D eigenvalue weighted by Gasteiger charge is 2.25. The molecule has 5 heteroatoms. The minimum Gasteiger partial charge on any atom is -0.376 e. The van der Waals surface area contributed by atoms with Crippen LogP contribution in [0.15, 0.2) is 34.9 Å². The molecule has 0 unspecified atom stereocenters. The van der Waals surface area contributed by atoms with E-state index in [1.54, 1.807) is 7.11 Å². The lowest BCUT2D eigenvalue weighted by molar-refractivity contribution is 0.00973. The van der Waals surface area contributed by atoms with E-state index < -0.39 is 5.60 Å². The molecule has 1 N–H and O–H groups in total. The van der Waals surface area contributed by atoms with Gasteiger partial charge in [-0.05, 0) is 26.0 Å². The van der Waals surface area contributed by atoms with Crippen molar-refractivity contribution < 1.29 is 9.26 Å². The molecule has 5 nitrogen and oxygen atoms in total. The summed E-state index contributed by atoms with van der Waals surface area (Å²) < 4.78 is 10.5. The van der Waals surface area contributed by atoms with Crippen molar-refractivity contribution in [2.45, 2.75) is 26.0 Å². The minimum absolute atomic E-state index is 0.497. The van der Waals surface area contributed by atoms with Crippen molar-refractivity contribution in [2.24, 2.45) is 0 Å². The van der Waals surface area contributed by atoms with Gasteiger partial charge in [0.2, 0.25) is 11.7 Å².